The van der Waals surface area contributed by atoms with Gasteiger partial charge < -0.3 is 4.90 Å². The minimum Gasteiger partial charge on any atom is -0.358 e. The third-order valence-electron chi connectivity index (χ3n) is 7.78. The number of nitrogens with zero attached hydrogens (tertiary/aromatic N) is 4. The molecule has 2 saturated heterocycles. The van der Waals surface area contributed by atoms with Crippen molar-refractivity contribution < 1.29 is 9.18 Å². The second kappa shape index (κ2) is 9.83. The van der Waals surface area contributed by atoms with Crippen LogP contribution in [0.4, 0.5) is 14.9 Å². The van der Waals surface area contributed by atoms with E-state index in [1.54, 1.807) is 11.0 Å². The second-order valence-corrected chi connectivity index (χ2v) is 10.1. The highest BCUT2D eigenvalue weighted by molar-refractivity contribution is 6.16. The van der Waals surface area contributed by atoms with Gasteiger partial charge in [0.2, 0.25) is 0 Å². The second-order valence-electron chi connectivity index (χ2n) is 10.1. The fourth-order valence-corrected chi connectivity index (χ4v) is 6.10. The molecule has 2 amide bonds. The van der Waals surface area contributed by atoms with E-state index in [1.165, 1.54) is 17.7 Å². The standard InChI is InChI=1S/C29H33FN4O/c1-3-4-15-32-17-14-29(20-22(32)2)27(31-28(35)34(29)26-12-8-11-25(30)19-26)33-16-13-24(21-33)18-23-9-6-5-7-10-23/h5-12,19,22,24H,13-18,20-21H2,1-2H3. The van der Waals surface area contributed by atoms with E-state index in [-0.39, 0.29) is 17.9 Å². The quantitative estimate of drug-likeness (QED) is 0.590. The first-order valence-corrected chi connectivity index (χ1v) is 12.6. The average molecular weight is 473 g/mol. The van der Waals surface area contributed by atoms with Crippen LogP contribution in [0.25, 0.3) is 0 Å². The van der Waals surface area contributed by atoms with Crippen molar-refractivity contribution in [3.63, 3.8) is 0 Å². The zero-order valence-electron chi connectivity index (χ0n) is 20.6. The first kappa shape index (κ1) is 23.6. The Hall–Kier alpha value is -3.17. The van der Waals surface area contributed by atoms with Gasteiger partial charge in [-0.2, -0.15) is 4.99 Å². The Balaban J connectivity index is 1.44. The lowest BCUT2D eigenvalue weighted by Crippen LogP contribution is -2.63. The van der Waals surface area contributed by atoms with Crippen LogP contribution in [0.2, 0.25) is 0 Å². The normalized spacial score (nSPS) is 26.7. The molecule has 2 aromatic carbocycles. The van der Waals surface area contributed by atoms with Crippen LogP contribution in [0.3, 0.4) is 0 Å². The third kappa shape index (κ3) is 4.58. The zero-order valence-corrected chi connectivity index (χ0v) is 20.6. The summed E-state index contributed by atoms with van der Waals surface area (Å²) in [5, 5.41) is 0. The van der Waals surface area contributed by atoms with Crippen molar-refractivity contribution in [3.8, 4) is 11.8 Å². The Bertz CT molecular complexity index is 1170. The number of halogens is 1. The number of hydrogen-bond donors (Lipinski definition) is 0. The molecule has 0 saturated carbocycles. The number of rotatable bonds is 4. The number of benzene rings is 2. The van der Waals surface area contributed by atoms with Crippen molar-refractivity contribution in [2.24, 2.45) is 10.9 Å². The molecule has 5 rings (SSSR count). The summed E-state index contributed by atoms with van der Waals surface area (Å²) in [5.74, 6) is 7.23. The monoisotopic (exact) mass is 472 g/mol. The summed E-state index contributed by atoms with van der Waals surface area (Å²) < 4.78 is 14.2. The first-order valence-electron chi connectivity index (χ1n) is 12.6. The van der Waals surface area contributed by atoms with E-state index in [9.17, 15) is 9.18 Å². The predicted molar refractivity (Wildman–Crippen MR) is 138 cm³/mol. The summed E-state index contributed by atoms with van der Waals surface area (Å²) in [6.07, 6.45) is 3.61. The maximum atomic E-state index is 14.2. The van der Waals surface area contributed by atoms with Crippen LogP contribution in [-0.4, -0.2) is 59.4 Å². The Labute approximate surface area is 207 Å². The molecule has 3 unspecified atom stereocenters. The van der Waals surface area contributed by atoms with Gasteiger partial charge in [0, 0.05) is 31.4 Å². The van der Waals surface area contributed by atoms with Crippen molar-refractivity contribution in [3.05, 3.63) is 66.0 Å². The van der Waals surface area contributed by atoms with E-state index >= 15 is 0 Å². The van der Waals surface area contributed by atoms with Gasteiger partial charge in [-0.25, -0.2) is 9.18 Å². The van der Waals surface area contributed by atoms with Crippen LogP contribution in [-0.2, 0) is 6.42 Å². The highest BCUT2D eigenvalue weighted by Crippen LogP contribution is 2.43. The first-order chi connectivity index (χ1) is 17.0. The number of aliphatic imine (C=N–C) groups is 1. The van der Waals surface area contributed by atoms with E-state index in [2.05, 4.69) is 57.8 Å². The Morgan fingerprint density at radius 3 is 2.71 bits per heavy atom. The van der Waals surface area contributed by atoms with Gasteiger partial charge in [-0.3, -0.25) is 9.80 Å². The molecule has 3 aliphatic rings. The molecular weight excluding hydrogens is 439 g/mol. The van der Waals surface area contributed by atoms with Crippen LogP contribution in [0.1, 0.15) is 38.7 Å². The lowest BCUT2D eigenvalue weighted by molar-refractivity contribution is 0.142. The van der Waals surface area contributed by atoms with Crippen molar-refractivity contribution in [2.45, 2.75) is 51.1 Å². The molecule has 2 aromatic rings. The largest absolute Gasteiger partial charge is 0.358 e. The van der Waals surface area contributed by atoms with E-state index in [0.29, 0.717) is 11.6 Å². The van der Waals surface area contributed by atoms with Gasteiger partial charge in [0.25, 0.3) is 0 Å². The minimum atomic E-state index is -0.567. The fraction of sp³-hybridized carbons (Fsp3) is 0.448. The number of amides is 2. The number of hydrogen-bond acceptors (Lipinski definition) is 3. The van der Waals surface area contributed by atoms with Gasteiger partial charge in [-0.15, -0.1) is 5.92 Å². The highest BCUT2D eigenvalue weighted by Gasteiger charge is 2.55. The maximum absolute atomic E-state index is 14.2. The maximum Gasteiger partial charge on any atom is 0.350 e. The van der Waals surface area contributed by atoms with E-state index < -0.39 is 5.54 Å². The summed E-state index contributed by atoms with van der Waals surface area (Å²) in [5.41, 5.74) is 1.36. The van der Waals surface area contributed by atoms with Crippen LogP contribution in [0.15, 0.2) is 59.6 Å². The van der Waals surface area contributed by atoms with Crippen molar-refractivity contribution in [1.29, 1.82) is 0 Å². The number of carbonyl (C=O) groups excluding carboxylic acids is 1. The highest BCUT2D eigenvalue weighted by atomic mass is 19.1. The van der Waals surface area contributed by atoms with E-state index in [4.69, 9.17) is 0 Å². The Morgan fingerprint density at radius 2 is 1.97 bits per heavy atom. The van der Waals surface area contributed by atoms with Gasteiger partial charge in [-0.05, 0) is 69.2 Å². The number of carbonyl (C=O) groups is 1. The molecule has 5 nitrogen and oxygen atoms in total. The van der Waals surface area contributed by atoms with Crippen LogP contribution < -0.4 is 4.90 Å². The summed E-state index contributed by atoms with van der Waals surface area (Å²) in [6.45, 7) is 7.37. The molecule has 0 N–H and O–H groups in total. The molecule has 0 radical (unpaired) electrons. The lowest BCUT2D eigenvalue weighted by Gasteiger charge is -2.49. The smallest absolute Gasteiger partial charge is 0.350 e. The Kier molecular flexibility index (Phi) is 6.62. The molecule has 3 atom stereocenters. The van der Waals surface area contributed by atoms with Crippen molar-refractivity contribution in [1.82, 2.24) is 9.80 Å². The topological polar surface area (TPSA) is 39.1 Å². The number of urea groups is 1. The molecule has 0 aliphatic carbocycles. The molecule has 2 fully saturated rings. The number of amidine groups is 1. The zero-order chi connectivity index (χ0) is 24.4. The van der Waals surface area contributed by atoms with E-state index in [1.807, 2.05) is 19.1 Å². The molecule has 0 bridgehead atoms. The predicted octanol–water partition coefficient (Wildman–Crippen LogP) is 4.98. The van der Waals surface area contributed by atoms with Crippen molar-refractivity contribution >= 4 is 17.6 Å². The number of likely N-dealkylation sites (tertiary alicyclic amines) is 2. The summed E-state index contributed by atoms with van der Waals surface area (Å²) in [7, 11) is 0. The van der Waals surface area contributed by atoms with E-state index in [0.717, 1.165) is 57.7 Å². The summed E-state index contributed by atoms with van der Waals surface area (Å²) in [4.78, 5) is 24.5. The SMILES string of the molecule is CC#CCN1CCC2(CC1C)C(N1CCC(Cc3ccccc3)C1)=NC(=O)N2c1cccc(F)c1. The van der Waals surface area contributed by atoms with Crippen molar-refractivity contribution in [2.75, 3.05) is 31.1 Å². The molecule has 35 heavy (non-hydrogen) atoms. The van der Waals surface area contributed by atoms with Gasteiger partial charge >= 0.3 is 6.03 Å². The van der Waals surface area contributed by atoms with Gasteiger partial charge in [0.1, 0.15) is 17.2 Å². The number of anilines is 1. The van der Waals surface area contributed by atoms with Crippen LogP contribution >= 0.6 is 0 Å². The summed E-state index contributed by atoms with van der Waals surface area (Å²) >= 11 is 0. The molecule has 3 heterocycles. The molecule has 6 heteroatoms. The van der Waals surface area contributed by atoms with Crippen LogP contribution in [0, 0.1) is 23.6 Å². The van der Waals surface area contributed by atoms with Gasteiger partial charge in [-0.1, -0.05) is 42.3 Å². The van der Waals surface area contributed by atoms with Crippen LogP contribution in [0.5, 0.6) is 0 Å². The molecular formula is C29H33FN4O. The summed E-state index contributed by atoms with van der Waals surface area (Å²) in [6, 6.07) is 16.9. The molecule has 0 aromatic heterocycles. The number of piperidine rings is 1. The fourth-order valence-electron chi connectivity index (χ4n) is 6.10. The third-order valence-corrected chi connectivity index (χ3v) is 7.78. The lowest BCUT2D eigenvalue weighted by atomic mass is 9.80. The molecule has 1 spiro atoms. The average Bonchev–Trinajstić information content (AvgIpc) is 3.41. The van der Waals surface area contributed by atoms with Gasteiger partial charge in [0.15, 0.2) is 0 Å². The van der Waals surface area contributed by atoms with Gasteiger partial charge in [0.05, 0.1) is 6.54 Å². The molecule has 182 valence electrons. The minimum absolute atomic E-state index is 0.222. The molecule has 3 aliphatic heterocycles. The Morgan fingerprint density at radius 1 is 1.14 bits per heavy atom.